The van der Waals surface area contributed by atoms with Crippen LogP contribution in [0.5, 0.6) is 0 Å². The monoisotopic (exact) mass is 286 g/mol. The van der Waals surface area contributed by atoms with E-state index in [0.29, 0.717) is 0 Å². The Bertz CT molecular complexity index is 727. The molecule has 0 aliphatic heterocycles. The number of pyridine rings is 1. The number of benzene rings is 1. The van der Waals surface area contributed by atoms with Gasteiger partial charge in [-0.05, 0) is 38.0 Å². The third-order valence-corrected chi connectivity index (χ3v) is 3.90. The van der Waals surface area contributed by atoms with Crippen molar-refractivity contribution in [1.29, 1.82) is 0 Å². The van der Waals surface area contributed by atoms with Gasteiger partial charge in [0.2, 0.25) is 0 Å². The van der Waals surface area contributed by atoms with Gasteiger partial charge in [0.25, 0.3) is 0 Å². The maximum Gasteiger partial charge on any atom is 0.0674 e. The van der Waals surface area contributed by atoms with Crippen molar-refractivity contribution < 1.29 is 0 Å². The molecule has 0 N–H and O–H groups in total. The van der Waals surface area contributed by atoms with Crippen LogP contribution >= 0.6 is 12.4 Å². The fourth-order valence-electron chi connectivity index (χ4n) is 2.58. The van der Waals surface area contributed by atoms with Crippen LogP contribution in [-0.4, -0.2) is 9.55 Å². The summed E-state index contributed by atoms with van der Waals surface area (Å²) in [7, 11) is 0. The molecule has 2 nitrogen and oxygen atoms in total. The molecule has 3 aromatic rings. The molecule has 1 aromatic carbocycles. The van der Waals surface area contributed by atoms with E-state index in [2.05, 4.69) is 60.7 Å². The van der Waals surface area contributed by atoms with Crippen LogP contribution in [-0.2, 0) is 6.54 Å². The number of hydrogen-bond donors (Lipinski definition) is 0. The van der Waals surface area contributed by atoms with E-state index in [1.165, 1.54) is 33.3 Å². The van der Waals surface area contributed by atoms with Crippen molar-refractivity contribution in [2.45, 2.75) is 27.3 Å². The van der Waals surface area contributed by atoms with Crippen LogP contribution in [0, 0.1) is 20.8 Å². The van der Waals surface area contributed by atoms with E-state index in [4.69, 9.17) is 0 Å². The summed E-state index contributed by atoms with van der Waals surface area (Å²) >= 11 is 0. The third-order valence-electron chi connectivity index (χ3n) is 3.90. The van der Waals surface area contributed by atoms with Gasteiger partial charge in [0.15, 0.2) is 0 Å². The summed E-state index contributed by atoms with van der Waals surface area (Å²) in [5.74, 6) is 0. The smallest absolute Gasteiger partial charge is 0.0674 e. The van der Waals surface area contributed by atoms with Crippen LogP contribution in [0.15, 0.2) is 42.7 Å². The van der Waals surface area contributed by atoms with E-state index in [1.807, 2.05) is 12.4 Å². The molecule has 0 saturated carbocycles. The molecule has 0 unspecified atom stereocenters. The minimum Gasteiger partial charge on any atom is -0.339 e. The summed E-state index contributed by atoms with van der Waals surface area (Å²) in [6, 6.07) is 10.8. The molecule has 0 bridgehead atoms. The molecule has 104 valence electrons. The average molecular weight is 287 g/mol. The van der Waals surface area contributed by atoms with Gasteiger partial charge in [0.05, 0.1) is 11.7 Å². The predicted octanol–water partition coefficient (Wildman–Crippen LogP) is 4.43. The van der Waals surface area contributed by atoms with Crippen LogP contribution in [0.25, 0.3) is 10.9 Å². The lowest BCUT2D eigenvalue weighted by Crippen LogP contribution is -2.02. The zero-order valence-corrected chi connectivity index (χ0v) is 12.9. The van der Waals surface area contributed by atoms with E-state index >= 15 is 0 Å². The molecular weight excluding hydrogens is 268 g/mol. The van der Waals surface area contributed by atoms with Gasteiger partial charge in [0.1, 0.15) is 0 Å². The first-order chi connectivity index (χ1) is 9.16. The topological polar surface area (TPSA) is 17.8 Å². The third kappa shape index (κ3) is 2.44. The van der Waals surface area contributed by atoms with Gasteiger partial charge in [-0.3, -0.25) is 4.98 Å². The Morgan fingerprint density at radius 2 is 1.70 bits per heavy atom. The van der Waals surface area contributed by atoms with Gasteiger partial charge in [0, 0.05) is 23.8 Å². The number of nitrogens with zero attached hydrogens (tertiary/aromatic N) is 2. The highest BCUT2D eigenvalue weighted by molar-refractivity contribution is 5.85. The van der Waals surface area contributed by atoms with Crippen molar-refractivity contribution >= 4 is 23.3 Å². The molecule has 3 heteroatoms. The van der Waals surface area contributed by atoms with Crippen LogP contribution in [0.2, 0.25) is 0 Å². The van der Waals surface area contributed by atoms with Crippen molar-refractivity contribution in [3.8, 4) is 0 Å². The zero-order valence-electron chi connectivity index (χ0n) is 12.1. The first-order valence-corrected chi connectivity index (χ1v) is 6.62. The lowest BCUT2D eigenvalue weighted by molar-refractivity contribution is 0.799. The Balaban J connectivity index is 0.00000147. The second-order valence-corrected chi connectivity index (χ2v) is 5.17. The molecule has 0 fully saturated rings. The predicted molar refractivity (Wildman–Crippen MR) is 86.7 cm³/mol. The van der Waals surface area contributed by atoms with Crippen molar-refractivity contribution in [1.82, 2.24) is 9.55 Å². The Hall–Kier alpha value is -1.80. The normalized spacial score (nSPS) is 10.6. The van der Waals surface area contributed by atoms with E-state index in [0.717, 1.165) is 6.54 Å². The van der Waals surface area contributed by atoms with E-state index in [1.54, 1.807) is 0 Å². The first-order valence-electron chi connectivity index (χ1n) is 6.62. The average Bonchev–Trinajstić information content (AvgIpc) is 2.67. The molecular formula is C17H19ClN2. The first kappa shape index (κ1) is 14.6. The number of aryl methyl sites for hydroxylation is 2. The van der Waals surface area contributed by atoms with Crippen LogP contribution in [0.4, 0.5) is 0 Å². The summed E-state index contributed by atoms with van der Waals surface area (Å²) < 4.78 is 2.35. The number of halogens is 1. The van der Waals surface area contributed by atoms with Gasteiger partial charge < -0.3 is 4.57 Å². The number of fused-ring (bicyclic) bond motifs is 1. The second-order valence-electron chi connectivity index (χ2n) is 5.17. The summed E-state index contributed by atoms with van der Waals surface area (Å²) in [4.78, 5) is 4.26. The van der Waals surface area contributed by atoms with Crippen molar-refractivity contribution in [2.75, 3.05) is 0 Å². The van der Waals surface area contributed by atoms with Crippen molar-refractivity contribution in [2.24, 2.45) is 0 Å². The standard InChI is InChI=1S/C17H18N2.ClH/c1-12-4-6-15(7-5-12)11-19-14(3)13(2)16-8-9-18-10-17(16)19;/h4-10H,11H2,1-3H3;1H. The van der Waals surface area contributed by atoms with Crippen LogP contribution in [0.1, 0.15) is 22.4 Å². The lowest BCUT2D eigenvalue weighted by Gasteiger charge is -2.09. The van der Waals surface area contributed by atoms with Crippen molar-refractivity contribution in [3.63, 3.8) is 0 Å². The summed E-state index contributed by atoms with van der Waals surface area (Å²) in [6.45, 7) is 7.39. The Kier molecular flexibility index (Phi) is 4.15. The van der Waals surface area contributed by atoms with Crippen molar-refractivity contribution in [3.05, 3.63) is 65.1 Å². The van der Waals surface area contributed by atoms with E-state index < -0.39 is 0 Å². The molecule has 3 rings (SSSR count). The van der Waals surface area contributed by atoms with Crippen LogP contribution < -0.4 is 0 Å². The fraction of sp³-hybridized carbons (Fsp3) is 0.235. The molecule has 0 aliphatic rings. The molecule has 0 spiro atoms. The lowest BCUT2D eigenvalue weighted by atomic mass is 10.1. The highest BCUT2D eigenvalue weighted by atomic mass is 35.5. The number of rotatable bonds is 2. The molecule has 0 amide bonds. The van der Waals surface area contributed by atoms with Gasteiger partial charge in [-0.15, -0.1) is 12.4 Å². The second kappa shape index (κ2) is 5.68. The fourth-order valence-corrected chi connectivity index (χ4v) is 2.58. The molecule has 2 aromatic heterocycles. The Labute approximate surface area is 125 Å². The maximum absolute atomic E-state index is 4.26. The van der Waals surface area contributed by atoms with Gasteiger partial charge in [-0.1, -0.05) is 29.8 Å². The number of aromatic nitrogens is 2. The maximum atomic E-state index is 4.26. The van der Waals surface area contributed by atoms with E-state index in [9.17, 15) is 0 Å². The van der Waals surface area contributed by atoms with Gasteiger partial charge >= 0.3 is 0 Å². The zero-order chi connectivity index (χ0) is 13.4. The minimum absolute atomic E-state index is 0. The summed E-state index contributed by atoms with van der Waals surface area (Å²) in [5.41, 5.74) is 6.52. The summed E-state index contributed by atoms with van der Waals surface area (Å²) in [6.07, 6.45) is 3.83. The molecule has 0 atom stereocenters. The Morgan fingerprint density at radius 1 is 1.00 bits per heavy atom. The highest BCUT2D eigenvalue weighted by Crippen LogP contribution is 2.25. The molecule has 0 radical (unpaired) electrons. The quantitative estimate of drug-likeness (QED) is 0.681. The van der Waals surface area contributed by atoms with Gasteiger partial charge in [-0.25, -0.2) is 0 Å². The molecule has 20 heavy (non-hydrogen) atoms. The molecule has 0 aliphatic carbocycles. The minimum atomic E-state index is 0. The Morgan fingerprint density at radius 3 is 2.40 bits per heavy atom. The molecule has 2 heterocycles. The number of hydrogen-bond acceptors (Lipinski definition) is 1. The van der Waals surface area contributed by atoms with E-state index in [-0.39, 0.29) is 12.4 Å². The summed E-state index contributed by atoms with van der Waals surface area (Å²) in [5, 5.41) is 1.31. The highest BCUT2D eigenvalue weighted by Gasteiger charge is 2.10. The van der Waals surface area contributed by atoms with Gasteiger partial charge in [-0.2, -0.15) is 0 Å². The van der Waals surface area contributed by atoms with Crippen LogP contribution in [0.3, 0.4) is 0 Å². The largest absolute Gasteiger partial charge is 0.339 e. The molecule has 0 saturated heterocycles. The SMILES string of the molecule is Cc1ccc(Cn2c(C)c(C)c3ccncc32)cc1.Cl.